The molecule has 112 valence electrons. The van der Waals surface area contributed by atoms with Gasteiger partial charge in [0.15, 0.2) is 0 Å². The Bertz CT molecular complexity index is 264. The minimum absolute atomic E-state index is 0.272. The highest BCUT2D eigenvalue weighted by Gasteiger charge is 2.30. The van der Waals surface area contributed by atoms with Crippen LogP contribution in [0.2, 0.25) is 0 Å². The second-order valence-electron chi connectivity index (χ2n) is 5.79. The van der Waals surface area contributed by atoms with Gasteiger partial charge in [0.1, 0.15) is 0 Å². The van der Waals surface area contributed by atoms with Crippen LogP contribution in [0.1, 0.15) is 46.0 Å². The van der Waals surface area contributed by atoms with Crippen molar-refractivity contribution in [2.24, 2.45) is 11.7 Å². The van der Waals surface area contributed by atoms with Crippen LogP contribution in [0.15, 0.2) is 0 Å². The molecule has 2 atom stereocenters. The smallest absolute Gasteiger partial charge is 0.236 e. The van der Waals surface area contributed by atoms with Crippen LogP contribution in [-0.2, 0) is 4.79 Å². The summed E-state index contributed by atoms with van der Waals surface area (Å²) in [6.07, 6.45) is 5.72. The normalized spacial score (nSPS) is 23.0. The van der Waals surface area contributed by atoms with Crippen LogP contribution in [0.3, 0.4) is 0 Å². The van der Waals surface area contributed by atoms with Crippen molar-refractivity contribution in [2.45, 2.75) is 52.0 Å². The van der Waals surface area contributed by atoms with Gasteiger partial charge >= 0.3 is 0 Å². The molecule has 0 radical (unpaired) electrons. The van der Waals surface area contributed by atoms with Gasteiger partial charge in [-0.3, -0.25) is 9.69 Å². The fourth-order valence-corrected chi connectivity index (χ4v) is 3.20. The third kappa shape index (κ3) is 4.77. The lowest BCUT2D eigenvalue weighted by Crippen LogP contribution is -2.45. The van der Waals surface area contributed by atoms with Gasteiger partial charge in [0.05, 0.1) is 6.54 Å². The van der Waals surface area contributed by atoms with E-state index in [0.717, 1.165) is 32.5 Å². The van der Waals surface area contributed by atoms with Gasteiger partial charge in [-0.25, -0.2) is 0 Å². The molecule has 0 bridgehead atoms. The van der Waals surface area contributed by atoms with Gasteiger partial charge in [0.25, 0.3) is 0 Å². The number of likely N-dealkylation sites (N-methyl/N-ethyl adjacent to an activating group) is 1. The summed E-state index contributed by atoms with van der Waals surface area (Å²) in [7, 11) is 2.08. The molecule has 0 aromatic carbocycles. The summed E-state index contributed by atoms with van der Waals surface area (Å²) >= 11 is 0. The molecule has 2 unspecified atom stereocenters. The van der Waals surface area contributed by atoms with Crippen molar-refractivity contribution in [3.05, 3.63) is 0 Å². The predicted octanol–water partition coefficient (Wildman–Crippen LogP) is 1.69. The minimum atomic E-state index is 0.272. The van der Waals surface area contributed by atoms with Gasteiger partial charge in [-0.1, -0.05) is 20.3 Å². The Morgan fingerprint density at radius 2 is 1.84 bits per heavy atom. The molecule has 1 fully saturated rings. The monoisotopic (exact) mass is 269 g/mol. The molecule has 4 nitrogen and oxygen atoms in total. The molecule has 19 heavy (non-hydrogen) atoms. The van der Waals surface area contributed by atoms with Gasteiger partial charge in [0.2, 0.25) is 5.91 Å². The largest absolute Gasteiger partial charge is 0.342 e. The van der Waals surface area contributed by atoms with E-state index in [-0.39, 0.29) is 5.91 Å². The van der Waals surface area contributed by atoms with Gasteiger partial charge in [-0.15, -0.1) is 0 Å². The molecular weight excluding hydrogens is 238 g/mol. The minimum Gasteiger partial charge on any atom is -0.342 e. The molecule has 0 spiro atoms. The standard InChI is InChI=1S/C15H31N3O/c1-4-9-18(10-5-2)15(19)12-17(3)14-8-6-7-13(14)11-16/h13-14H,4-12,16H2,1-3H3. The summed E-state index contributed by atoms with van der Waals surface area (Å²) in [6.45, 7) is 7.30. The van der Waals surface area contributed by atoms with Gasteiger partial charge in [-0.2, -0.15) is 0 Å². The lowest BCUT2D eigenvalue weighted by Gasteiger charge is -2.31. The number of hydrogen-bond donors (Lipinski definition) is 1. The molecule has 4 heteroatoms. The average molecular weight is 269 g/mol. The van der Waals surface area contributed by atoms with Crippen LogP contribution in [0.5, 0.6) is 0 Å². The molecule has 2 N–H and O–H groups in total. The maximum absolute atomic E-state index is 12.3. The van der Waals surface area contributed by atoms with Crippen LogP contribution in [0.25, 0.3) is 0 Å². The van der Waals surface area contributed by atoms with Crippen molar-refractivity contribution in [3.8, 4) is 0 Å². The molecule has 1 amide bonds. The predicted molar refractivity (Wildman–Crippen MR) is 80.0 cm³/mol. The second-order valence-corrected chi connectivity index (χ2v) is 5.79. The zero-order valence-corrected chi connectivity index (χ0v) is 12.9. The molecule has 1 saturated carbocycles. The number of carbonyl (C=O) groups is 1. The summed E-state index contributed by atoms with van der Waals surface area (Å²) < 4.78 is 0. The number of rotatable bonds is 8. The van der Waals surface area contributed by atoms with Gasteiger partial charge in [0, 0.05) is 19.1 Å². The summed E-state index contributed by atoms with van der Waals surface area (Å²) in [6, 6.07) is 0.499. The van der Waals surface area contributed by atoms with Gasteiger partial charge < -0.3 is 10.6 Å². The highest BCUT2D eigenvalue weighted by Crippen LogP contribution is 2.28. The van der Waals surface area contributed by atoms with Crippen molar-refractivity contribution >= 4 is 5.91 Å². The van der Waals surface area contributed by atoms with E-state index in [1.54, 1.807) is 0 Å². The summed E-state index contributed by atoms with van der Waals surface area (Å²) in [5.41, 5.74) is 5.83. The highest BCUT2D eigenvalue weighted by atomic mass is 16.2. The van der Waals surface area contributed by atoms with E-state index in [1.807, 2.05) is 4.90 Å². The number of carbonyl (C=O) groups excluding carboxylic acids is 1. The van der Waals surface area contributed by atoms with E-state index in [0.29, 0.717) is 18.5 Å². The molecule has 1 aliphatic carbocycles. The second kappa shape index (κ2) is 8.54. The van der Waals surface area contributed by atoms with Crippen LogP contribution in [-0.4, -0.2) is 55.0 Å². The number of nitrogens with zero attached hydrogens (tertiary/aromatic N) is 2. The topological polar surface area (TPSA) is 49.6 Å². The van der Waals surface area contributed by atoms with E-state index in [1.165, 1.54) is 19.3 Å². The van der Waals surface area contributed by atoms with Gasteiger partial charge in [-0.05, 0) is 45.2 Å². The Hall–Kier alpha value is -0.610. The fraction of sp³-hybridized carbons (Fsp3) is 0.933. The zero-order valence-electron chi connectivity index (χ0n) is 12.9. The van der Waals surface area contributed by atoms with Crippen LogP contribution in [0.4, 0.5) is 0 Å². The maximum Gasteiger partial charge on any atom is 0.236 e. The molecule has 1 rings (SSSR count). The molecule has 0 aliphatic heterocycles. The quantitative estimate of drug-likeness (QED) is 0.729. The summed E-state index contributed by atoms with van der Waals surface area (Å²) in [5, 5.41) is 0. The SMILES string of the molecule is CCCN(CCC)C(=O)CN(C)C1CCCC1CN. The molecule has 1 aliphatic rings. The van der Waals surface area contributed by atoms with Crippen molar-refractivity contribution in [3.63, 3.8) is 0 Å². The van der Waals surface area contributed by atoms with Crippen molar-refractivity contribution in [2.75, 3.05) is 33.2 Å². The Kier molecular flexibility index (Phi) is 7.39. The fourth-order valence-electron chi connectivity index (χ4n) is 3.20. The Balaban J connectivity index is 2.49. The number of amides is 1. The van der Waals surface area contributed by atoms with Crippen molar-refractivity contribution in [1.29, 1.82) is 0 Å². The summed E-state index contributed by atoms with van der Waals surface area (Å²) in [5.74, 6) is 0.845. The third-order valence-electron chi connectivity index (χ3n) is 4.21. The lowest BCUT2D eigenvalue weighted by atomic mass is 10.0. The Morgan fingerprint density at radius 1 is 1.21 bits per heavy atom. The first-order chi connectivity index (χ1) is 9.13. The third-order valence-corrected chi connectivity index (χ3v) is 4.21. The zero-order chi connectivity index (χ0) is 14.3. The molecule has 0 saturated heterocycles. The van der Waals surface area contributed by atoms with Crippen LogP contribution >= 0.6 is 0 Å². The Morgan fingerprint density at radius 3 is 2.37 bits per heavy atom. The molecule has 0 aromatic rings. The number of nitrogens with two attached hydrogens (primary N) is 1. The van der Waals surface area contributed by atoms with Crippen LogP contribution < -0.4 is 5.73 Å². The van der Waals surface area contributed by atoms with Crippen molar-refractivity contribution < 1.29 is 4.79 Å². The highest BCUT2D eigenvalue weighted by molar-refractivity contribution is 5.78. The first-order valence-electron chi connectivity index (χ1n) is 7.82. The lowest BCUT2D eigenvalue weighted by molar-refractivity contribution is -0.132. The summed E-state index contributed by atoms with van der Waals surface area (Å²) in [4.78, 5) is 16.6. The van der Waals surface area contributed by atoms with Crippen molar-refractivity contribution in [1.82, 2.24) is 9.80 Å². The van der Waals surface area contributed by atoms with E-state index in [9.17, 15) is 4.79 Å². The molecular formula is C15H31N3O. The van der Waals surface area contributed by atoms with E-state index in [4.69, 9.17) is 5.73 Å². The van der Waals surface area contributed by atoms with Crippen LogP contribution in [0, 0.1) is 5.92 Å². The van der Waals surface area contributed by atoms with E-state index >= 15 is 0 Å². The molecule has 0 aromatic heterocycles. The van der Waals surface area contributed by atoms with E-state index < -0.39 is 0 Å². The Labute approximate surface area is 118 Å². The molecule has 0 heterocycles. The van der Waals surface area contributed by atoms with E-state index in [2.05, 4.69) is 25.8 Å². The first-order valence-corrected chi connectivity index (χ1v) is 7.82. The maximum atomic E-state index is 12.3. The first kappa shape index (κ1) is 16.4. The average Bonchev–Trinajstić information content (AvgIpc) is 2.86. The number of hydrogen-bond acceptors (Lipinski definition) is 3.